The molecule has 0 unspecified atom stereocenters. The Labute approximate surface area is 167 Å². The summed E-state index contributed by atoms with van der Waals surface area (Å²) < 4.78 is 19.6. The Morgan fingerprint density at radius 3 is 2.45 bits per heavy atom. The second kappa shape index (κ2) is 7.33. The molecule has 1 aromatic heterocycles. The molecule has 1 aliphatic heterocycles. The van der Waals surface area contributed by atoms with Gasteiger partial charge in [0.05, 0.1) is 5.69 Å². The number of halogens is 1. The van der Waals surface area contributed by atoms with Crippen LogP contribution in [0.25, 0.3) is 21.7 Å². The lowest BCUT2D eigenvalue weighted by molar-refractivity contribution is 0.249. The molecular weight excluding hydrogens is 367 g/mol. The van der Waals surface area contributed by atoms with E-state index in [1.807, 2.05) is 42.5 Å². The second-order valence-electron chi connectivity index (χ2n) is 7.47. The van der Waals surface area contributed by atoms with Crippen molar-refractivity contribution in [3.8, 4) is 0 Å². The highest BCUT2D eigenvalue weighted by Gasteiger charge is 2.20. The summed E-state index contributed by atoms with van der Waals surface area (Å²) in [5, 5.41) is 2.98. The van der Waals surface area contributed by atoms with E-state index in [1.165, 1.54) is 6.07 Å². The number of fused-ring (bicyclic) bond motifs is 3. The van der Waals surface area contributed by atoms with E-state index < -0.39 is 0 Å². The molecule has 2 heterocycles. The van der Waals surface area contributed by atoms with Crippen molar-refractivity contribution in [2.75, 3.05) is 31.1 Å². The molecule has 0 radical (unpaired) electrons. The van der Waals surface area contributed by atoms with Crippen LogP contribution in [0.15, 0.2) is 75.9 Å². The van der Waals surface area contributed by atoms with Crippen LogP contribution in [-0.4, -0.2) is 31.1 Å². The minimum Gasteiger partial charge on any atom is -0.422 e. The van der Waals surface area contributed by atoms with Gasteiger partial charge in [0.1, 0.15) is 11.4 Å². The molecular formula is C24H21FN2O2. The predicted octanol–water partition coefficient (Wildman–Crippen LogP) is 4.41. The van der Waals surface area contributed by atoms with Gasteiger partial charge < -0.3 is 9.32 Å². The average Bonchev–Trinajstić information content (AvgIpc) is 2.74. The predicted molar refractivity (Wildman–Crippen MR) is 114 cm³/mol. The van der Waals surface area contributed by atoms with E-state index in [0.29, 0.717) is 17.8 Å². The van der Waals surface area contributed by atoms with Gasteiger partial charge in [-0.3, -0.25) is 4.90 Å². The van der Waals surface area contributed by atoms with E-state index in [9.17, 15) is 9.18 Å². The van der Waals surface area contributed by atoms with Gasteiger partial charge in [0, 0.05) is 49.6 Å². The van der Waals surface area contributed by atoms with E-state index >= 15 is 0 Å². The Kier molecular flexibility index (Phi) is 4.52. The third-order valence-corrected chi connectivity index (χ3v) is 5.68. The van der Waals surface area contributed by atoms with Crippen LogP contribution in [0.4, 0.5) is 10.1 Å². The normalized spacial score (nSPS) is 15.3. The summed E-state index contributed by atoms with van der Waals surface area (Å²) in [6.07, 6.45) is 0. The number of anilines is 1. The van der Waals surface area contributed by atoms with E-state index in [4.69, 9.17) is 4.42 Å². The van der Waals surface area contributed by atoms with Crippen LogP contribution in [0.2, 0.25) is 0 Å². The zero-order valence-electron chi connectivity index (χ0n) is 16.0. The zero-order valence-corrected chi connectivity index (χ0v) is 16.0. The Bertz CT molecular complexity index is 1240. The Morgan fingerprint density at radius 2 is 1.62 bits per heavy atom. The molecule has 3 aromatic carbocycles. The third-order valence-electron chi connectivity index (χ3n) is 5.68. The van der Waals surface area contributed by atoms with Gasteiger partial charge in [0.2, 0.25) is 0 Å². The standard InChI is InChI=1S/C24H21FN2O2/c25-21-7-3-4-8-22(21)27-13-11-26(12-14-27)16-18-15-23(28)29-24-19-6-2-1-5-17(19)9-10-20(18)24/h1-10,15H,11-14,16H2. The summed E-state index contributed by atoms with van der Waals surface area (Å²) in [6.45, 7) is 3.80. The molecule has 0 amide bonds. The first-order chi connectivity index (χ1) is 14.2. The van der Waals surface area contributed by atoms with Gasteiger partial charge in [-0.05, 0) is 23.1 Å². The van der Waals surface area contributed by atoms with Crippen molar-refractivity contribution in [2.24, 2.45) is 0 Å². The summed E-state index contributed by atoms with van der Waals surface area (Å²) >= 11 is 0. The molecule has 4 aromatic rings. The number of para-hydroxylation sites is 1. The van der Waals surface area contributed by atoms with Crippen molar-refractivity contribution < 1.29 is 8.81 Å². The molecule has 146 valence electrons. The lowest BCUT2D eigenvalue weighted by Gasteiger charge is -2.36. The van der Waals surface area contributed by atoms with Crippen LogP contribution in [0.1, 0.15) is 5.56 Å². The highest BCUT2D eigenvalue weighted by Crippen LogP contribution is 2.27. The number of benzene rings is 3. The summed E-state index contributed by atoms with van der Waals surface area (Å²) in [6, 6.07) is 20.5. The molecule has 0 aliphatic carbocycles. The Morgan fingerprint density at radius 1 is 0.862 bits per heavy atom. The molecule has 1 fully saturated rings. The van der Waals surface area contributed by atoms with Gasteiger partial charge in [-0.2, -0.15) is 0 Å². The first-order valence-corrected chi connectivity index (χ1v) is 9.85. The van der Waals surface area contributed by atoms with E-state index in [2.05, 4.69) is 15.9 Å². The number of rotatable bonds is 3. The topological polar surface area (TPSA) is 36.7 Å². The number of nitrogens with zero attached hydrogens (tertiary/aromatic N) is 2. The van der Waals surface area contributed by atoms with Gasteiger partial charge >= 0.3 is 5.63 Å². The minimum absolute atomic E-state index is 0.181. The second-order valence-corrected chi connectivity index (χ2v) is 7.47. The van der Waals surface area contributed by atoms with Crippen LogP contribution in [0, 0.1) is 5.82 Å². The Hall–Kier alpha value is -3.18. The molecule has 1 saturated heterocycles. The largest absolute Gasteiger partial charge is 0.422 e. The lowest BCUT2D eigenvalue weighted by Crippen LogP contribution is -2.46. The van der Waals surface area contributed by atoms with Crippen molar-refractivity contribution in [2.45, 2.75) is 6.54 Å². The number of hydrogen-bond donors (Lipinski definition) is 0. The zero-order chi connectivity index (χ0) is 19.8. The van der Waals surface area contributed by atoms with Gasteiger partial charge in [0.15, 0.2) is 0 Å². The Balaban J connectivity index is 1.41. The molecule has 29 heavy (non-hydrogen) atoms. The van der Waals surface area contributed by atoms with Crippen molar-refractivity contribution in [3.63, 3.8) is 0 Å². The van der Waals surface area contributed by atoms with E-state index in [-0.39, 0.29) is 11.4 Å². The van der Waals surface area contributed by atoms with Crippen LogP contribution in [0.5, 0.6) is 0 Å². The monoisotopic (exact) mass is 388 g/mol. The van der Waals surface area contributed by atoms with Gasteiger partial charge in [0.25, 0.3) is 0 Å². The van der Waals surface area contributed by atoms with Crippen LogP contribution in [-0.2, 0) is 6.54 Å². The maximum Gasteiger partial charge on any atom is 0.336 e. The molecule has 1 aliphatic rings. The minimum atomic E-state index is -0.325. The van der Waals surface area contributed by atoms with Crippen LogP contribution < -0.4 is 10.5 Å². The fourth-order valence-corrected chi connectivity index (χ4v) is 4.18. The summed E-state index contributed by atoms with van der Waals surface area (Å²) in [5.41, 5.74) is 1.95. The number of hydrogen-bond acceptors (Lipinski definition) is 4. The quantitative estimate of drug-likeness (QED) is 0.385. The van der Waals surface area contributed by atoms with Gasteiger partial charge in [-0.25, -0.2) is 9.18 Å². The summed E-state index contributed by atoms with van der Waals surface area (Å²) in [7, 11) is 0. The van der Waals surface area contributed by atoms with Crippen molar-refractivity contribution in [3.05, 3.63) is 88.5 Å². The average molecular weight is 388 g/mol. The van der Waals surface area contributed by atoms with E-state index in [0.717, 1.165) is 47.9 Å². The molecule has 0 N–H and O–H groups in total. The summed E-state index contributed by atoms with van der Waals surface area (Å²) in [5.74, 6) is -0.181. The summed E-state index contributed by atoms with van der Waals surface area (Å²) in [4.78, 5) is 16.6. The molecule has 0 bridgehead atoms. The van der Waals surface area contributed by atoms with Crippen molar-refractivity contribution >= 4 is 27.4 Å². The third kappa shape index (κ3) is 3.38. The SMILES string of the molecule is O=c1cc(CN2CCN(c3ccccc3F)CC2)c2ccc3ccccc3c2o1. The maximum absolute atomic E-state index is 14.1. The highest BCUT2D eigenvalue weighted by molar-refractivity contribution is 6.04. The molecule has 5 rings (SSSR count). The first-order valence-electron chi connectivity index (χ1n) is 9.85. The molecule has 0 spiro atoms. The molecule has 5 heteroatoms. The van der Waals surface area contributed by atoms with Gasteiger partial charge in [-0.1, -0.05) is 48.5 Å². The molecule has 0 atom stereocenters. The highest BCUT2D eigenvalue weighted by atomic mass is 19.1. The van der Waals surface area contributed by atoms with Crippen LogP contribution >= 0.6 is 0 Å². The van der Waals surface area contributed by atoms with Crippen molar-refractivity contribution in [1.29, 1.82) is 0 Å². The fraction of sp³-hybridized carbons (Fsp3) is 0.208. The molecule has 0 saturated carbocycles. The first kappa shape index (κ1) is 17.9. The number of piperazine rings is 1. The molecule has 4 nitrogen and oxygen atoms in total. The smallest absolute Gasteiger partial charge is 0.336 e. The van der Waals surface area contributed by atoms with Crippen molar-refractivity contribution in [1.82, 2.24) is 4.90 Å². The lowest BCUT2D eigenvalue weighted by atomic mass is 10.0. The maximum atomic E-state index is 14.1. The fourth-order valence-electron chi connectivity index (χ4n) is 4.18. The van der Waals surface area contributed by atoms with Crippen LogP contribution in [0.3, 0.4) is 0 Å². The van der Waals surface area contributed by atoms with E-state index in [1.54, 1.807) is 12.1 Å². The van der Waals surface area contributed by atoms with Gasteiger partial charge in [-0.15, -0.1) is 0 Å².